The molecule has 2 heterocycles. The van der Waals surface area contributed by atoms with E-state index in [-0.39, 0.29) is 5.91 Å². The highest BCUT2D eigenvalue weighted by Crippen LogP contribution is 2.26. The fourth-order valence-electron chi connectivity index (χ4n) is 3.87. The van der Waals surface area contributed by atoms with Crippen molar-refractivity contribution in [3.8, 4) is 5.75 Å². The third kappa shape index (κ3) is 3.92. The first-order valence-electron chi connectivity index (χ1n) is 9.79. The van der Waals surface area contributed by atoms with Crippen LogP contribution in [-0.4, -0.2) is 29.1 Å². The van der Waals surface area contributed by atoms with Crippen molar-refractivity contribution in [2.45, 2.75) is 58.0 Å². The van der Waals surface area contributed by atoms with Crippen LogP contribution in [0.4, 0.5) is 0 Å². The van der Waals surface area contributed by atoms with Gasteiger partial charge in [0.2, 0.25) is 0 Å². The molecule has 2 aromatic rings. The average molecular weight is 354 g/mol. The first-order valence-corrected chi connectivity index (χ1v) is 9.79. The van der Waals surface area contributed by atoms with E-state index >= 15 is 0 Å². The molecular weight excluding hydrogens is 328 g/mol. The van der Waals surface area contributed by atoms with Crippen molar-refractivity contribution < 1.29 is 14.1 Å². The molecular formula is C21H26N2O3. The largest absolute Gasteiger partial charge is 0.486 e. The summed E-state index contributed by atoms with van der Waals surface area (Å²) < 4.78 is 11.2. The van der Waals surface area contributed by atoms with Gasteiger partial charge in [-0.15, -0.1) is 0 Å². The van der Waals surface area contributed by atoms with Crippen LogP contribution in [0.5, 0.6) is 5.75 Å². The highest BCUT2D eigenvalue weighted by atomic mass is 16.5. The van der Waals surface area contributed by atoms with Gasteiger partial charge in [-0.3, -0.25) is 4.79 Å². The molecule has 0 atom stereocenters. The van der Waals surface area contributed by atoms with E-state index in [4.69, 9.17) is 9.26 Å². The average Bonchev–Trinajstić information content (AvgIpc) is 2.99. The van der Waals surface area contributed by atoms with Crippen LogP contribution in [0.15, 0.2) is 28.8 Å². The third-order valence-corrected chi connectivity index (χ3v) is 5.37. The number of hydrogen-bond acceptors (Lipinski definition) is 4. The number of benzene rings is 1. The van der Waals surface area contributed by atoms with Crippen LogP contribution in [0.2, 0.25) is 0 Å². The number of carbonyl (C=O) groups excluding carboxylic acids is 1. The molecule has 0 N–H and O–H groups in total. The number of fused-ring (bicyclic) bond motifs is 1. The standard InChI is InChI=1S/C21H26N2O3/c24-21(23-11-5-1-2-6-12-23)20-14-19(26-22-20)15-25-18-10-9-16-7-3-4-8-17(16)13-18/h9-10,13-14H,1-8,11-12,15H2. The summed E-state index contributed by atoms with van der Waals surface area (Å²) in [6.07, 6.45) is 9.35. The second kappa shape index (κ2) is 7.94. The fraction of sp³-hybridized carbons (Fsp3) is 0.524. The number of ether oxygens (including phenoxy) is 1. The summed E-state index contributed by atoms with van der Waals surface area (Å²) in [6, 6.07) is 8.03. The van der Waals surface area contributed by atoms with E-state index in [2.05, 4.69) is 17.3 Å². The van der Waals surface area contributed by atoms with Crippen molar-refractivity contribution in [2.75, 3.05) is 13.1 Å². The molecule has 1 aliphatic carbocycles. The molecule has 0 unspecified atom stereocenters. The predicted octanol–water partition coefficient (Wildman–Crippen LogP) is 4.15. The smallest absolute Gasteiger partial charge is 0.276 e. The van der Waals surface area contributed by atoms with Crippen LogP contribution >= 0.6 is 0 Å². The molecule has 1 amide bonds. The minimum atomic E-state index is -0.0318. The zero-order chi connectivity index (χ0) is 17.8. The summed E-state index contributed by atoms with van der Waals surface area (Å²) in [5.74, 6) is 1.40. The Morgan fingerprint density at radius 3 is 2.58 bits per heavy atom. The van der Waals surface area contributed by atoms with Crippen LogP contribution in [0.25, 0.3) is 0 Å². The molecule has 1 aromatic carbocycles. The lowest BCUT2D eigenvalue weighted by molar-refractivity contribution is 0.0751. The lowest BCUT2D eigenvalue weighted by Gasteiger charge is -2.18. The van der Waals surface area contributed by atoms with Gasteiger partial charge in [0.25, 0.3) is 5.91 Å². The van der Waals surface area contributed by atoms with Crippen LogP contribution < -0.4 is 4.74 Å². The number of hydrogen-bond donors (Lipinski definition) is 0. The summed E-state index contributed by atoms with van der Waals surface area (Å²) >= 11 is 0. The van der Waals surface area contributed by atoms with Gasteiger partial charge in [0, 0.05) is 19.2 Å². The van der Waals surface area contributed by atoms with Crippen molar-refractivity contribution in [3.63, 3.8) is 0 Å². The van der Waals surface area contributed by atoms with Crippen LogP contribution in [0.3, 0.4) is 0 Å². The molecule has 0 radical (unpaired) electrons. The molecule has 1 aliphatic heterocycles. The number of amides is 1. The summed E-state index contributed by atoms with van der Waals surface area (Å²) in [5, 5.41) is 3.96. The van der Waals surface area contributed by atoms with Gasteiger partial charge in [-0.1, -0.05) is 24.1 Å². The second-order valence-electron chi connectivity index (χ2n) is 7.31. The van der Waals surface area contributed by atoms with Gasteiger partial charge >= 0.3 is 0 Å². The minimum Gasteiger partial charge on any atom is -0.486 e. The van der Waals surface area contributed by atoms with Crippen molar-refractivity contribution in [1.29, 1.82) is 0 Å². The summed E-state index contributed by atoms with van der Waals surface area (Å²) in [4.78, 5) is 14.5. The van der Waals surface area contributed by atoms with Gasteiger partial charge in [0.05, 0.1) is 0 Å². The normalized spacial score (nSPS) is 17.5. The number of aryl methyl sites for hydroxylation is 2. The SMILES string of the molecule is O=C(c1cc(COc2ccc3c(c2)CCCC3)on1)N1CCCCCC1. The molecule has 1 saturated heterocycles. The van der Waals surface area contributed by atoms with Crippen molar-refractivity contribution in [2.24, 2.45) is 0 Å². The molecule has 1 aromatic heterocycles. The zero-order valence-electron chi connectivity index (χ0n) is 15.2. The van der Waals surface area contributed by atoms with Gasteiger partial charge in [0.1, 0.15) is 12.4 Å². The Balaban J connectivity index is 1.37. The van der Waals surface area contributed by atoms with E-state index in [1.807, 2.05) is 11.0 Å². The highest BCUT2D eigenvalue weighted by molar-refractivity contribution is 5.92. The monoisotopic (exact) mass is 354 g/mol. The Morgan fingerprint density at radius 1 is 1.00 bits per heavy atom. The van der Waals surface area contributed by atoms with Crippen LogP contribution in [0.1, 0.15) is 65.9 Å². The molecule has 0 saturated carbocycles. The molecule has 4 rings (SSSR count). The quantitative estimate of drug-likeness (QED) is 0.828. The maximum atomic E-state index is 12.6. The Hall–Kier alpha value is -2.30. The number of rotatable bonds is 4. The van der Waals surface area contributed by atoms with Crippen LogP contribution in [-0.2, 0) is 19.4 Å². The Morgan fingerprint density at radius 2 is 1.77 bits per heavy atom. The number of carbonyl (C=O) groups is 1. The van der Waals surface area contributed by atoms with E-state index in [0.29, 0.717) is 18.1 Å². The maximum absolute atomic E-state index is 12.6. The first kappa shape index (κ1) is 17.1. The molecule has 5 nitrogen and oxygen atoms in total. The number of nitrogens with zero attached hydrogens (tertiary/aromatic N) is 2. The van der Waals surface area contributed by atoms with Gasteiger partial charge in [-0.05, 0) is 61.8 Å². The third-order valence-electron chi connectivity index (χ3n) is 5.37. The van der Waals surface area contributed by atoms with Gasteiger partial charge < -0.3 is 14.2 Å². The Labute approximate surface area is 154 Å². The lowest BCUT2D eigenvalue weighted by atomic mass is 9.92. The highest BCUT2D eigenvalue weighted by Gasteiger charge is 2.21. The molecule has 5 heteroatoms. The number of likely N-dealkylation sites (tertiary alicyclic amines) is 1. The lowest BCUT2D eigenvalue weighted by Crippen LogP contribution is -2.32. The van der Waals surface area contributed by atoms with Gasteiger partial charge in [0.15, 0.2) is 11.5 Å². The molecule has 0 spiro atoms. The van der Waals surface area contributed by atoms with E-state index in [0.717, 1.165) is 38.1 Å². The van der Waals surface area contributed by atoms with Gasteiger partial charge in [-0.25, -0.2) is 0 Å². The van der Waals surface area contributed by atoms with Crippen LogP contribution in [0, 0.1) is 0 Å². The second-order valence-corrected chi connectivity index (χ2v) is 7.31. The summed E-state index contributed by atoms with van der Waals surface area (Å²) in [6.45, 7) is 1.92. The molecule has 138 valence electrons. The van der Waals surface area contributed by atoms with Crippen molar-refractivity contribution in [3.05, 3.63) is 46.8 Å². The molecule has 26 heavy (non-hydrogen) atoms. The Bertz CT molecular complexity index is 760. The maximum Gasteiger partial charge on any atom is 0.276 e. The van der Waals surface area contributed by atoms with E-state index in [9.17, 15) is 4.79 Å². The Kier molecular flexibility index (Phi) is 5.23. The fourth-order valence-corrected chi connectivity index (χ4v) is 3.87. The van der Waals surface area contributed by atoms with E-state index in [1.54, 1.807) is 6.07 Å². The van der Waals surface area contributed by atoms with Crippen molar-refractivity contribution in [1.82, 2.24) is 10.1 Å². The van der Waals surface area contributed by atoms with Gasteiger partial charge in [-0.2, -0.15) is 0 Å². The zero-order valence-corrected chi connectivity index (χ0v) is 15.2. The van der Waals surface area contributed by atoms with E-state index < -0.39 is 0 Å². The summed E-state index contributed by atoms with van der Waals surface area (Å²) in [7, 11) is 0. The van der Waals surface area contributed by atoms with Crippen molar-refractivity contribution >= 4 is 5.91 Å². The molecule has 1 fully saturated rings. The molecule has 2 aliphatic rings. The molecule has 0 bridgehead atoms. The number of aromatic nitrogens is 1. The first-order chi connectivity index (χ1) is 12.8. The topological polar surface area (TPSA) is 55.6 Å². The summed E-state index contributed by atoms with van der Waals surface area (Å²) in [5.41, 5.74) is 3.22. The van der Waals surface area contributed by atoms with E-state index in [1.165, 1.54) is 43.2 Å². The minimum absolute atomic E-state index is 0.0318. The predicted molar refractivity (Wildman–Crippen MR) is 98.3 cm³/mol.